The monoisotopic (exact) mass is 430 g/mol. The zero-order valence-corrected chi connectivity index (χ0v) is 18.0. The van der Waals surface area contributed by atoms with Gasteiger partial charge in [-0.3, -0.25) is 9.10 Å². The summed E-state index contributed by atoms with van der Waals surface area (Å²) in [4.78, 5) is 15.5. The number of carbonyl (C=O) groups excluding carboxylic acids is 1. The lowest BCUT2D eigenvalue weighted by atomic mass is 10.2. The summed E-state index contributed by atoms with van der Waals surface area (Å²) in [5.74, 6) is 0.465. The Kier molecular flexibility index (Phi) is 6.24. The lowest BCUT2D eigenvalue weighted by Crippen LogP contribution is -2.27. The van der Waals surface area contributed by atoms with Crippen LogP contribution in [-0.2, 0) is 16.6 Å². The molecule has 1 heterocycles. The fraction of sp³-hybridized carbons (Fsp3) is 0.190. The maximum absolute atomic E-state index is 12.8. The second kappa shape index (κ2) is 8.67. The van der Waals surface area contributed by atoms with Crippen molar-refractivity contribution in [3.05, 3.63) is 76.5 Å². The van der Waals surface area contributed by atoms with Crippen molar-refractivity contribution in [2.45, 2.75) is 11.4 Å². The number of thiophene rings is 1. The van der Waals surface area contributed by atoms with E-state index in [1.54, 1.807) is 59.7 Å². The second-order valence-corrected chi connectivity index (χ2v) is 9.44. The van der Waals surface area contributed by atoms with Crippen LogP contribution in [0.3, 0.4) is 0 Å². The number of methoxy groups -OCH3 is 1. The van der Waals surface area contributed by atoms with E-state index in [2.05, 4.69) is 0 Å². The fourth-order valence-electron chi connectivity index (χ4n) is 2.79. The Labute approximate surface area is 175 Å². The van der Waals surface area contributed by atoms with Gasteiger partial charge in [0.25, 0.3) is 15.9 Å². The number of amides is 1. The highest BCUT2D eigenvalue weighted by molar-refractivity contribution is 7.92. The Balaban J connectivity index is 1.75. The Morgan fingerprint density at radius 2 is 1.66 bits per heavy atom. The third-order valence-electron chi connectivity index (χ3n) is 4.52. The van der Waals surface area contributed by atoms with E-state index in [1.807, 2.05) is 17.5 Å². The summed E-state index contributed by atoms with van der Waals surface area (Å²) < 4.78 is 32.0. The standard InChI is InChI=1S/C21H22N2O4S2/c1-22(15-19-5-4-14-28-19)21(24)16-6-8-17(9-7-16)23(2)29(25,26)20-12-10-18(27-3)11-13-20/h4-14H,15H2,1-3H3. The maximum Gasteiger partial charge on any atom is 0.264 e. The molecule has 0 fully saturated rings. The Morgan fingerprint density at radius 3 is 2.21 bits per heavy atom. The molecule has 0 aliphatic rings. The van der Waals surface area contributed by atoms with E-state index in [1.165, 1.54) is 30.6 Å². The molecule has 0 unspecified atom stereocenters. The minimum absolute atomic E-state index is 0.120. The number of sulfonamides is 1. The Hall–Kier alpha value is -2.84. The molecule has 8 heteroatoms. The number of nitrogens with zero attached hydrogens (tertiary/aromatic N) is 2. The average Bonchev–Trinajstić information content (AvgIpc) is 3.25. The molecule has 0 aliphatic carbocycles. The first-order valence-electron chi connectivity index (χ1n) is 8.84. The molecule has 0 saturated carbocycles. The average molecular weight is 431 g/mol. The molecular weight excluding hydrogens is 408 g/mol. The van der Waals surface area contributed by atoms with Gasteiger partial charge in [-0.15, -0.1) is 11.3 Å². The molecule has 0 atom stereocenters. The largest absolute Gasteiger partial charge is 0.497 e. The van der Waals surface area contributed by atoms with E-state index < -0.39 is 10.0 Å². The van der Waals surface area contributed by atoms with E-state index in [4.69, 9.17) is 4.74 Å². The summed E-state index contributed by atoms with van der Waals surface area (Å²) >= 11 is 1.60. The van der Waals surface area contributed by atoms with Gasteiger partial charge < -0.3 is 9.64 Å². The second-order valence-electron chi connectivity index (χ2n) is 6.44. The van der Waals surface area contributed by atoms with Crippen molar-refractivity contribution in [2.75, 3.05) is 25.5 Å². The Morgan fingerprint density at radius 1 is 1.00 bits per heavy atom. The lowest BCUT2D eigenvalue weighted by Gasteiger charge is -2.21. The van der Waals surface area contributed by atoms with Gasteiger partial charge in [-0.2, -0.15) is 0 Å². The molecule has 152 valence electrons. The molecule has 0 aliphatic heterocycles. The normalized spacial score (nSPS) is 11.1. The van der Waals surface area contributed by atoms with E-state index in [9.17, 15) is 13.2 Å². The summed E-state index contributed by atoms with van der Waals surface area (Å²) in [6.07, 6.45) is 0. The van der Waals surface area contributed by atoms with Crippen LogP contribution in [0.1, 0.15) is 15.2 Å². The van der Waals surface area contributed by atoms with Crippen LogP contribution in [0.5, 0.6) is 5.75 Å². The van der Waals surface area contributed by atoms with Crippen LogP contribution >= 0.6 is 11.3 Å². The van der Waals surface area contributed by atoms with Crippen molar-refractivity contribution >= 4 is 33.0 Å². The number of ether oxygens (including phenoxy) is 1. The van der Waals surface area contributed by atoms with Gasteiger partial charge in [0.05, 0.1) is 24.2 Å². The van der Waals surface area contributed by atoms with Gasteiger partial charge in [0, 0.05) is 24.5 Å². The molecule has 0 saturated heterocycles. The van der Waals surface area contributed by atoms with Gasteiger partial charge in [0.1, 0.15) is 5.75 Å². The van der Waals surface area contributed by atoms with Crippen molar-refractivity contribution in [2.24, 2.45) is 0 Å². The number of carbonyl (C=O) groups is 1. The molecule has 2 aromatic carbocycles. The van der Waals surface area contributed by atoms with Crippen LogP contribution in [0.25, 0.3) is 0 Å². The summed E-state index contributed by atoms with van der Waals surface area (Å²) in [6, 6.07) is 16.7. The highest BCUT2D eigenvalue weighted by Crippen LogP contribution is 2.24. The molecule has 29 heavy (non-hydrogen) atoms. The predicted octanol–water partition coefficient (Wildman–Crippen LogP) is 3.85. The first-order valence-corrected chi connectivity index (χ1v) is 11.2. The van der Waals surface area contributed by atoms with Crippen molar-refractivity contribution in [3.63, 3.8) is 0 Å². The molecule has 3 aromatic rings. The smallest absolute Gasteiger partial charge is 0.264 e. The molecule has 0 spiro atoms. The summed E-state index contributed by atoms with van der Waals surface area (Å²) in [7, 11) is 1.04. The topological polar surface area (TPSA) is 66.9 Å². The fourth-order valence-corrected chi connectivity index (χ4v) is 4.74. The van der Waals surface area contributed by atoms with E-state index in [0.717, 1.165) is 4.88 Å². The molecule has 0 bridgehead atoms. The number of hydrogen-bond acceptors (Lipinski definition) is 5. The minimum atomic E-state index is -3.72. The molecular formula is C21H22N2O4S2. The Bertz CT molecular complexity index is 1060. The molecule has 1 amide bonds. The van der Waals surface area contributed by atoms with Gasteiger partial charge in [-0.25, -0.2) is 8.42 Å². The molecule has 0 N–H and O–H groups in total. The van der Waals surface area contributed by atoms with Gasteiger partial charge in [-0.1, -0.05) is 6.07 Å². The quantitative estimate of drug-likeness (QED) is 0.571. The summed E-state index contributed by atoms with van der Waals surface area (Å²) in [6.45, 7) is 0.532. The molecule has 0 radical (unpaired) electrons. The van der Waals surface area contributed by atoms with Crippen LogP contribution in [0.2, 0.25) is 0 Å². The van der Waals surface area contributed by atoms with Crippen LogP contribution in [0.15, 0.2) is 70.9 Å². The summed E-state index contributed by atoms with van der Waals surface area (Å²) in [5.41, 5.74) is 0.973. The minimum Gasteiger partial charge on any atom is -0.497 e. The first kappa shape index (κ1) is 20.9. The number of benzene rings is 2. The maximum atomic E-state index is 12.8. The van der Waals surface area contributed by atoms with Gasteiger partial charge in [0.15, 0.2) is 0 Å². The van der Waals surface area contributed by atoms with Crippen molar-refractivity contribution in [1.29, 1.82) is 0 Å². The lowest BCUT2D eigenvalue weighted by molar-refractivity contribution is 0.0786. The van der Waals surface area contributed by atoms with Crippen LogP contribution < -0.4 is 9.04 Å². The van der Waals surface area contributed by atoms with E-state index in [-0.39, 0.29) is 10.8 Å². The van der Waals surface area contributed by atoms with Gasteiger partial charge in [-0.05, 0) is 60.0 Å². The highest BCUT2D eigenvalue weighted by Gasteiger charge is 2.22. The van der Waals surface area contributed by atoms with Crippen LogP contribution in [0, 0.1) is 0 Å². The van der Waals surface area contributed by atoms with Crippen molar-refractivity contribution < 1.29 is 17.9 Å². The third kappa shape index (κ3) is 4.60. The first-order chi connectivity index (χ1) is 13.8. The van der Waals surface area contributed by atoms with E-state index in [0.29, 0.717) is 23.5 Å². The van der Waals surface area contributed by atoms with Crippen molar-refractivity contribution in [3.8, 4) is 5.75 Å². The van der Waals surface area contributed by atoms with Crippen LogP contribution in [0.4, 0.5) is 5.69 Å². The number of anilines is 1. The molecule has 3 rings (SSSR count). The van der Waals surface area contributed by atoms with Crippen LogP contribution in [-0.4, -0.2) is 40.4 Å². The van der Waals surface area contributed by atoms with Gasteiger partial charge in [0.2, 0.25) is 0 Å². The molecule has 1 aromatic heterocycles. The summed E-state index contributed by atoms with van der Waals surface area (Å²) in [5, 5.41) is 1.97. The van der Waals surface area contributed by atoms with E-state index >= 15 is 0 Å². The molecule has 6 nitrogen and oxygen atoms in total. The zero-order valence-electron chi connectivity index (χ0n) is 16.4. The SMILES string of the molecule is COc1ccc(S(=O)(=O)N(C)c2ccc(C(=O)N(C)Cc3cccs3)cc2)cc1. The highest BCUT2D eigenvalue weighted by atomic mass is 32.2. The van der Waals surface area contributed by atoms with Crippen molar-refractivity contribution in [1.82, 2.24) is 4.90 Å². The third-order valence-corrected chi connectivity index (χ3v) is 7.18. The zero-order chi connectivity index (χ0) is 21.0. The predicted molar refractivity (Wildman–Crippen MR) is 115 cm³/mol. The number of hydrogen-bond donors (Lipinski definition) is 0. The van der Waals surface area contributed by atoms with Gasteiger partial charge >= 0.3 is 0 Å². The number of rotatable bonds is 7.